The normalized spacial score (nSPS) is 12.4. The minimum Gasteiger partial charge on any atom is -0.366 e. The monoisotopic (exact) mass is 578 g/mol. The summed E-state index contributed by atoms with van der Waals surface area (Å²) >= 11 is 0. The second-order valence-corrected chi connectivity index (χ2v) is 9.79. The summed E-state index contributed by atoms with van der Waals surface area (Å²) in [6.45, 7) is -0.444. The first-order chi connectivity index (χ1) is 20.0. The third-order valence-corrected chi connectivity index (χ3v) is 6.87. The molecule has 0 spiro atoms. The van der Waals surface area contributed by atoms with Crippen molar-refractivity contribution >= 4 is 22.6 Å². The standard InChI is InChI=1S/C31H23F5N4O2/c32-21-6-3-5-18(14-21)13-20(28-23(8-4-12-38-28)19-10-11-26(33)25(16-19)30(37)42)15-22(41)17-40-27-9-2-1-7-24(27)29(39-40)31(34,35)36/h1-12,14,16,20H,13,15,17H2,(H2,37,42)/t20-/m1/s1. The highest BCUT2D eigenvalue weighted by Crippen LogP contribution is 2.35. The highest BCUT2D eigenvalue weighted by Gasteiger charge is 2.37. The van der Waals surface area contributed by atoms with Gasteiger partial charge in [0.1, 0.15) is 18.2 Å². The van der Waals surface area contributed by atoms with Gasteiger partial charge in [-0.1, -0.05) is 42.5 Å². The highest BCUT2D eigenvalue weighted by molar-refractivity contribution is 5.94. The van der Waals surface area contributed by atoms with E-state index in [1.165, 1.54) is 54.7 Å². The molecule has 0 aliphatic rings. The molecule has 0 fully saturated rings. The van der Waals surface area contributed by atoms with Crippen molar-refractivity contribution in [3.05, 3.63) is 119 Å². The zero-order valence-electron chi connectivity index (χ0n) is 21.9. The van der Waals surface area contributed by atoms with E-state index in [4.69, 9.17) is 5.73 Å². The van der Waals surface area contributed by atoms with Crippen LogP contribution in [0.15, 0.2) is 85.1 Å². The van der Waals surface area contributed by atoms with Crippen molar-refractivity contribution in [2.45, 2.75) is 31.5 Å². The summed E-state index contributed by atoms with van der Waals surface area (Å²) < 4.78 is 70.2. The number of Topliss-reactive ketones (excluding diaryl/α,β-unsaturated/α-hetero) is 1. The number of rotatable bonds is 9. The van der Waals surface area contributed by atoms with Crippen molar-refractivity contribution in [1.29, 1.82) is 0 Å². The van der Waals surface area contributed by atoms with E-state index in [9.17, 15) is 31.5 Å². The van der Waals surface area contributed by atoms with Crippen molar-refractivity contribution in [2.24, 2.45) is 5.73 Å². The van der Waals surface area contributed by atoms with Crippen LogP contribution in [-0.2, 0) is 23.9 Å². The summed E-state index contributed by atoms with van der Waals surface area (Å²) in [7, 11) is 0. The van der Waals surface area contributed by atoms with Crippen molar-refractivity contribution in [3.63, 3.8) is 0 Å². The van der Waals surface area contributed by atoms with E-state index in [1.54, 1.807) is 24.3 Å². The van der Waals surface area contributed by atoms with Crippen LogP contribution in [0.1, 0.15) is 39.6 Å². The molecule has 6 nitrogen and oxygen atoms in total. The van der Waals surface area contributed by atoms with Crippen molar-refractivity contribution in [1.82, 2.24) is 14.8 Å². The largest absolute Gasteiger partial charge is 0.435 e. The molecule has 0 aliphatic heterocycles. The molecular weight excluding hydrogens is 555 g/mol. The van der Waals surface area contributed by atoms with Gasteiger partial charge in [0.05, 0.1) is 16.8 Å². The fraction of sp³-hybridized carbons (Fsp3) is 0.161. The Bertz CT molecular complexity index is 1800. The average molecular weight is 579 g/mol. The Hall–Kier alpha value is -4.93. The van der Waals surface area contributed by atoms with Gasteiger partial charge in [-0.15, -0.1) is 0 Å². The Labute approximate surface area is 236 Å². The predicted molar refractivity (Wildman–Crippen MR) is 145 cm³/mol. The summed E-state index contributed by atoms with van der Waals surface area (Å²) in [5, 5.41) is 3.58. The number of pyridine rings is 1. The zero-order chi connectivity index (χ0) is 30.0. The Morgan fingerprint density at radius 3 is 2.45 bits per heavy atom. The number of halogens is 5. The molecule has 3 aromatic carbocycles. The molecule has 5 rings (SSSR count). The second kappa shape index (κ2) is 11.5. The predicted octanol–water partition coefficient (Wildman–Crippen LogP) is 6.48. The number of aromatic nitrogens is 3. The van der Waals surface area contributed by atoms with Crippen molar-refractivity contribution in [2.75, 3.05) is 0 Å². The molecule has 2 aromatic heterocycles. The van der Waals surface area contributed by atoms with Crippen LogP contribution in [-0.4, -0.2) is 26.5 Å². The van der Waals surface area contributed by atoms with Gasteiger partial charge in [-0.05, 0) is 53.9 Å². The van der Waals surface area contributed by atoms with Gasteiger partial charge in [0.25, 0.3) is 5.91 Å². The number of hydrogen-bond acceptors (Lipinski definition) is 4. The summed E-state index contributed by atoms with van der Waals surface area (Å²) in [6.07, 6.45) is -3.24. The van der Waals surface area contributed by atoms with Gasteiger partial charge in [0.15, 0.2) is 11.5 Å². The lowest BCUT2D eigenvalue weighted by atomic mass is 9.86. The third kappa shape index (κ3) is 6.04. The van der Waals surface area contributed by atoms with Gasteiger partial charge in [0, 0.05) is 29.5 Å². The SMILES string of the molecule is NC(=O)c1cc(-c2cccnc2[C@@H](CC(=O)Cn2nc(C(F)(F)F)c3ccccc32)Cc2cccc(F)c2)ccc1F. The molecule has 0 bridgehead atoms. The molecule has 1 atom stereocenters. The molecule has 2 N–H and O–H groups in total. The van der Waals surface area contributed by atoms with Crippen molar-refractivity contribution < 1.29 is 31.5 Å². The van der Waals surface area contributed by atoms with Crippen molar-refractivity contribution in [3.8, 4) is 11.1 Å². The maximum absolute atomic E-state index is 14.2. The Balaban J connectivity index is 1.53. The van der Waals surface area contributed by atoms with Crippen LogP contribution in [0.4, 0.5) is 22.0 Å². The number of primary amides is 1. The number of carbonyl (C=O) groups excluding carboxylic acids is 2. The Kier molecular flexibility index (Phi) is 7.84. The van der Waals surface area contributed by atoms with Crippen LogP contribution >= 0.6 is 0 Å². The molecule has 0 saturated carbocycles. The number of alkyl halides is 3. The molecule has 0 saturated heterocycles. The van der Waals surface area contributed by atoms with Crippen LogP contribution in [0.2, 0.25) is 0 Å². The number of ketones is 1. The minimum atomic E-state index is -4.71. The topological polar surface area (TPSA) is 90.9 Å². The van der Waals surface area contributed by atoms with Gasteiger partial charge in [-0.25, -0.2) is 8.78 Å². The fourth-order valence-electron chi connectivity index (χ4n) is 5.05. The second-order valence-electron chi connectivity index (χ2n) is 9.79. The maximum atomic E-state index is 14.2. The number of hydrogen-bond donors (Lipinski definition) is 1. The van der Waals surface area contributed by atoms with E-state index >= 15 is 0 Å². The van der Waals surface area contributed by atoms with Crippen LogP contribution in [0.5, 0.6) is 0 Å². The maximum Gasteiger partial charge on any atom is 0.435 e. The molecule has 0 unspecified atom stereocenters. The molecule has 42 heavy (non-hydrogen) atoms. The number of amides is 1. The number of para-hydroxylation sites is 1. The number of carbonyl (C=O) groups is 2. The highest BCUT2D eigenvalue weighted by atomic mass is 19.4. The van der Waals surface area contributed by atoms with E-state index in [2.05, 4.69) is 10.1 Å². The lowest BCUT2D eigenvalue weighted by molar-refractivity contribution is -0.140. The summed E-state index contributed by atoms with van der Waals surface area (Å²) in [6, 6.07) is 18.7. The lowest BCUT2D eigenvalue weighted by Crippen LogP contribution is -2.18. The van der Waals surface area contributed by atoms with Gasteiger partial charge in [-0.3, -0.25) is 19.3 Å². The van der Waals surface area contributed by atoms with E-state index in [0.717, 1.165) is 10.7 Å². The summed E-state index contributed by atoms with van der Waals surface area (Å²) in [4.78, 5) is 29.7. The Morgan fingerprint density at radius 1 is 0.929 bits per heavy atom. The molecule has 5 aromatic rings. The molecule has 11 heteroatoms. The first-order valence-corrected chi connectivity index (χ1v) is 12.8. The molecule has 1 amide bonds. The van der Waals surface area contributed by atoms with Crippen LogP contribution in [0.25, 0.3) is 22.0 Å². The fourth-order valence-corrected chi connectivity index (χ4v) is 5.05. The van der Waals surface area contributed by atoms with Gasteiger partial charge in [0.2, 0.25) is 0 Å². The first kappa shape index (κ1) is 28.6. The Morgan fingerprint density at radius 2 is 1.71 bits per heavy atom. The number of benzene rings is 3. The summed E-state index contributed by atoms with van der Waals surface area (Å²) in [5.41, 5.74) is 5.93. The molecule has 0 radical (unpaired) electrons. The quantitative estimate of drug-likeness (QED) is 0.203. The number of nitrogens with zero attached hydrogens (tertiary/aromatic N) is 3. The smallest absolute Gasteiger partial charge is 0.366 e. The lowest BCUT2D eigenvalue weighted by Gasteiger charge is -2.20. The molecular formula is C31H23F5N4O2. The van der Waals surface area contributed by atoms with E-state index in [1.807, 2.05) is 0 Å². The van der Waals surface area contributed by atoms with Gasteiger partial charge >= 0.3 is 6.18 Å². The number of nitrogens with two attached hydrogens (primary N) is 1. The van der Waals surface area contributed by atoms with Gasteiger partial charge in [-0.2, -0.15) is 18.3 Å². The molecule has 2 heterocycles. The summed E-state index contributed by atoms with van der Waals surface area (Å²) in [5.74, 6) is -3.34. The minimum absolute atomic E-state index is 0.123. The zero-order valence-corrected chi connectivity index (χ0v) is 21.9. The number of fused-ring (bicyclic) bond motifs is 1. The van der Waals surface area contributed by atoms with Crippen LogP contribution in [0, 0.1) is 11.6 Å². The third-order valence-electron chi connectivity index (χ3n) is 6.87. The van der Waals surface area contributed by atoms with Crippen LogP contribution < -0.4 is 5.73 Å². The average Bonchev–Trinajstić information content (AvgIpc) is 3.32. The van der Waals surface area contributed by atoms with E-state index in [-0.39, 0.29) is 29.3 Å². The van der Waals surface area contributed by atoms with Gasteiger partial charge < -0.3 is 5.73 Å². The molecule has 214 valence electrons. The van der Waals surface area contributed by atoms with E-state index in [0.29, 0.717) is 22.4 Å². The van der Waals surface area contributed by atoms with E-state index < -0.39 is 47.7 Å². The molecule has 0 aliphatic carbocycles. The van der Waals surface area contributed by atoms with Crippen LogP contribution in [0.3, 0.4) is 0 Å². The first-order valence-electron chi connectivity index (χ1n) is 12.8.